The number of benzene rings is 1. The lowest BCUT2D eigenvalue weighted by Gasteiger charge is -2.15. The molecule has 0 aliphatic heterocycles. The SMILES string of the molecule is COc1ccccc1S(=O)(=O)NCC(F)(F)CO. The quantitative estimate of drug-likeness (QED) is 0.800. The van der Waals surface area contributed by atoms with Crippen molar-refractivity contribution in [3.63, 3.8) is 0 Å². The standard InChI is InChI=1S/C10H13F2NO4S/c1-17-8-4-2-3-5-9(8)18(15,16)13-6-10(11,12)7-14/h2-5,13-14H,6-7H2,1H3. The van der Waals surface area contributed by atoms with Gasteiger partial charge in [-0.2, -0.15) is 0 Å². The van der Waals surface area contributed by atoms with Gasteiger partial charge in [-0.3, -0.25) is 0 Å². The average molecular weight is 281 g/mol. The van der Waals surface area contributed by atoms with E-state index in [1.807, 2.05) is 0 Å². The summed E-state index contributed by atoms with van der Waals surface area (Å²) in [5.41, 5.74) is 0. The van der Waals surface area contributed by atoms with E-state index in [1.165, 1.54) is 25.3 Å². The summed E-state index contributed by atoms with van der Waals surface area (Å²) in [6, 6.07) is 5.64. The number of sulfonamides is 1. The van der Waals surface area contributed by atoms with E-state index in [0.717, 1.165) is 0 Å². The third-order valence-electron chi connectivity index (χ3n) is 2.11. The van der Waals surface area contributed by atoms with Gasteiger partial charge in [-0.05, 0) is 12.1 Å². The molecule has 1 aromatic carbocycles. The Hall–Kier alpha value is -1.25. The maximum Gasteiger partial charge on any atom is 0.283 e. The number of methoxy groups -OCH3 is 1. The first-order valence-electron chi connectivity index (χ1n) is 4.94. The van der Waals surface area contributed by atoms with Gasteiger partial charge < -0.3 is 9.84 Å². The van der Waals surface area contributed by atoms with Crippen LogP contribution in [0.1, 0.15) is 0 Å². The van der Waals surface area contributed by atoms with Crippen LogP contribution in [0.5, 0.6) is 5.75 Å². The molecule has 0 fully saturated rings. The summed E-state index contributed by atoms with van der Waals surface area (Å²) < 4.78 is 55.6. The molecular formula is C10H13F2NO4S. The van der Waals surface area contributed by atoms with Crippen LogP contribution < -0.4 is 9.46 Å². The van der Waals surface area contributed by atoms with Crippen LogP contribution in [-0.2, 0) is 10.0 Å². The summed E-state index contributed by atoms with van der Waals surface area (Å²) in [5.74, 6) is -3.45. The van der Waals surface area contributed by atoms with Gasteiger partial charge in [0.15, 0.2) is 0 Å². The second-order valence-corrected chi connectivity index (χ2v) is 5.22. The molecule has 0 aromatic heterocycles. The summed E-state index contributed by atoms with van der Waals surface area (Å²) in [4.78, 5) is -0.235. The topological polar surface area (TPSA) is 75.6 Å². The molecule has 1 rings (SSSR count). The number of aliphatic hydroxyl groups is 1. The Balaban J connectivity index is 2.94. The fraction of sp³-hybridized carbons (Fsp3) is 0.400. The van der Waals surface area contributed by atoms with Crippen molar-refractivity contribution < 1.29 is 27.0 Å². The average Bonchev–Trinajstić information content (AvgIpc) is 2.37. The third-order valence-corrected chi connectivity index (χ3v) is 3.55. The molecule has 1 aromatic rings. The van der Waals surface area contributed by atoms with Crippen LogP contribution in [-0.4, -0.2) is 39.7 Å². The number of hydrogen-bond acceptors (Lipinski definition) is 4. The number of alkyl halides is 2. The van der Waals surface area contributed by atoms with E-state index in [4.69, 9.17) is 9.84 Å². The predicted molar refractivity (Wildman–Crippen MR) is 60.2 cm³/mol. The lowest BCUT2D eigenvalue weighted by molar-refractivity contribution is -0.0437. The Morgan fingerprint density at radius 3 is 2.56 bits per heavy atom. The van der Waals surface area contributed by atoms with Crippen LogP contribution >= 0.6 is 0 Å². The zero-order chi connectivity index (χ0) is 13.8. The molecule has 0 bridgehead atoms. The van der Waals surface area contributed by atoms with Crippen molar-refractivity contribution in [1.82, 2.24) is 4.72 Å². The van der Waals surface area contributed by atoms with Gasteiger partial charge in [0.05, 0.1) is 13.7 Å². The van der Waals surface area contributed by atoms with Crippen molar-refractivity contribution in [2.75, 3.05) is 20.3 Å². The normalized spacial score (nSPS) is 12.4. The van der Waals surface area contributed by atoms with Crippen molar-refractivity contribution >= 4 is 10.0 Å². The van der Waals surface area contributed by atoms with Gasteiger partial charge in [0.25, 0.3) is 5.92 Å². The van der Waals surface area contributed by atoms with Crippen molar-refractivity contribution in [3.8, 4) is 5.75 Å². The minimum atomic E-state index is -4.11. The molecule has 0 saturated carbocycles. The van der Waals surface area contributed by atoms with Crippen LogP contribution in [0.3, 0.4) is 0 Å². The number of para-hydroxylation sites is 1. The largest absolute Gasteiger partial charge is 0.495 e. The van der Waals surface area contributed by atoms with Crippen LogP contribution in [0.25, 0.3) is 0 Å². The lowest BCUT2D eigenvalue weighted by Crippen LogP contribution is -2.39. The molecule has 18 heavy (non-hydrogen) atoms. The minimum Gasteiger partial charge on any atom is -0.495 e. The molecule has 0 aliphatic rings. The Bertz CT molecular complexity index is 504. The molecule has 0 aliphatic carbocycles. The molecule has 0 saturated heterocycles. The van der Waals surface area contributed by atoms with Crippen LogP contribution in [0.2, 0.25) is 0 Å². The highest BCUT2D eigenvalue weighted by atomic mass is 32.2. The summed E-state index contributed by atoms with van der Waals surface area (Å²) in [6.45, 7) is -2.61. The van der Waals surface area contributed by atoms with E-state index >= 15 is 0 Å². The number of ether oxygens (including phenoxy) is 1. The monoisotopic (exact) mass is 281 g/mol. The number of rotatable bonds is 6. The second kappa shape index (κ2) is 5.59. The molecule has 0 unspecified atom stereocenters. The van der Waals surface area contributed by atoms with Crippen molar-refractivity contribution in [2.24, 2.45) is 0 Å². The Kier molecular flexibility index (Phi) is 4.60. The van der Waals surface area contributed by atoms with Gasteiger partial charge in [-0.25, -0.2) is 21.9 Å². The second-order valence-electron chi connectivity index (χ2n) is 3.49. The summed E-state index contributed by atoms with van der Waals surface area (Å²) in [5, 5.41) is 8.35. The maximum atomic E-state index is 12.8. The highest BCUT2D eigenvalue weighted by Crippen LogP contribution is 2.23. The first-order valence-corrected chi connectivity index (χ1v) is 6.42. The highest BCUT2D eigenvalue weighted by Gasteiger charge is 2.31. The zero-order valence-corrected chi connectivity index (χ0v) is 10.4. The van der Waals surface area contributed by atoms with Gasteiger partial charge in [-0.1, -0.05) is 12.1 Å². The number of nitrogens with one attached hydrogen (secondary N) is 1. The molecule has 8 heteroatoms. The Morgan fingerprint density at radius 2 is 2.00 bits per heavy atom. The summed E-state index contributed by atoms with van der Waals surface area (Å²) in [6.07, 6.45) is 0. The fourth-order valence-corrected chi connectivity index (χ4v) is 2.41. The van der Waals surface area contributed by atoms with Gasteiger partial charge in [0.2, 0.25) is 10.0 Å². The van der Waals surface area contributed by atoms with Crippen molar-refractivity contribution in [2.45, 2.75) is 10.8 Å². The molecule has 0 spiro atoms. The smallest absolute Gasteiger partial charge is 0.283 e. The minimum absolute atomic E-state index is 0.0531. The first-order chi connectivity index (χ1) is 8.32. The first kappa shape index (κ1) is 14.8. The molecular weight excluding hydrogens is 268 g/mol. The van der Waals surface area contributed by atoms with Crippen LogP contribution in [0.15, 0.2) is 29.2 Å². The molecule has 2 N–H and O–H groups in total. The molecule has 0 atom stereocenters. The molecule has 0 heterocycles. The Labute approximate surface area is 103 Å². The van der Waals surface area contributed by atoms with E-state index in [1.54, 1.807) is 10.8 Å². The Morgan fingerprint density at radius 1 is 1.39 bits per heavy atom. The van der Waals surface area contributed by atoms with Gasteiger partial charge >= 0.3 is 0 Å². The van der Waals surface area contributed by atoms with Gasteiger partial charge in [-0.15, -0.1) is 0 Å². The maximum absolute atomic E-state index is 12.8. The van der Waals surface area contributed by atoms with Crippen LogP contribution in [0, 0.1) is 0 Å². The number of halogens is 2. The van der Waals surface area contributed by atoms with E-state index in [0.29, 0.717) is 0 Å². The zero-order valence-electron chi connectivity index (χ0n) is 9.56. The number of aliphatic hydroxyl groups excluding tert-OH is 1. The molecule has 0 radical (unpaired) electrons. The number of hydrogen-bond donors (Lipinski definition) is 2. The third kappa shape index (κ3) is 3.62. The van der Waals surface area contributed by atoms with Gasteiger partial charge in [0.1, 0.15) is 17.3 Å². The van der Waals surface area contributed by atoms with Crippen molar-refractivity contribution in [3.05, 3.63) is 24.3 Å². The van der Waals surface area contributed by atoms with E-state index in [9.17, 15) is 17.2 Å². The van der Waals surface area contributed by atoms with E-state index in [-0.39, 0.29) is 10.6 Å². The van der Waals surface area contributed by atoms with E-state index < -0.39 is 29.1 Å². The van der Waals surface area contributed by atoms with E-state index in [2.05, 4.69) is 0 Å². The summed E-state index contributed by atoms with van der Waals surface area (Å²) in [7, 11) is -2.84. The van der Waals surface area contributed by atoms with Gasteiger partial charge in [0, 0.05) is 0 Å². The van der Waals surface area contributed by atoms with Crippen LogP contribution in [0.4, 0.5) is 8.78 Å². The highest BCUT2D eigenvalue weighted by molar-refractivity contribution is 7.89. The van der Waals surface area contributed by atoms with Crippen molar-refractivity contribution in [1.29, 1.82) is 0 Å². The lowest BCUT2D eigenvalue weighted by atomic mass is 10.3. The molecule has 0 amide bonds. The fourth-order valence-electron chi connectivity index (χ4n) is 1.18. The molecule has 102 valence electrons. The predicted octanol–water partition coefficient (Wildman–Crippen LogP) is 0.601. The summed E-state index contributed by atoms with van der Waals surface area (Å²) >= 11 is 0. The molecule has 5 nitrogen and oxygen atoms in total.